The van der Waals surface area contributed by atoms with Gasteiger partial charge < -0.3 is 5.32 Å². The van der Waals surface area contributed by atoms with E-state index in [0.29, 0.717) is 29.0 Å². The minimum absolute atomic E-state index is 0.0697. The number of aromatic nitrogens is 2. The third-order valence-corrected chi connectivity index (χ3v) is 5.81. The number of para-hydroxylation sites is 2. The largest absolute Gasteiger partial charge is 0.325 e. The highest BCUT2D eigenvalue weighted by Crippen LogP contribution is 2.26. The van der Waals surface area contributed by atoms with Crippen molar-refractivity contribution in [1.82, 2.24) is 9.55 Å². The fourth-order valence-corrected chi connectivity index (χ4v) is 3.97. The van der Waals surface area contributed by atoms with Crippen molar-refractivity contribution in [3.8, 4) is 0 Å². The smallest absolute Gasteiger partial charge is 0.262 e. The lowest BCUT2D eigenvalue weighted by atomic mass is 10.2. The number of aryl methyl sites for hydroxylation is 1. The fraction of sp³-hybridized carbons (Fsp3) is 0.286. The fourth-order valence-electron chi connectivity index (χ4n) is 2.89. The Labute approximate surface area is 162 Å². The summed E-state index contributed by atoms with van der Waals surface area (Å²) in [4.78, 5) is 30.2. The number of fused-ring (bicyclic) bond motifs is 1. The second-order valence-corrected chi connectivity index (χ2v) is 7.45. The van der Waals surface area contributed by atoms with Gasteiger partial charge in [-0.05, 0) is 44.0 Å². The summed E-state index contributed by atoms with van der Waals surface area (Å²) in [6, 6.07) is 15.0. The SMILES string of the molecule is CCC(Sc1nc2ccccc2c(=O)n1CC)C(=O)Nc1ccccc1C. The lowest BCUT2D eigenvalue weighted by Gasteiger charge is -2.18. The molecule has 5 nitrogen and oxygen atoms in total. The maximum atomic E-state index is 12.8. The average Bonchev–Trinajstić information content (AvgIpc) is 2.68. The molecule has 1 amide bonds. The highest BCUT2D eigenvalue weighted by Gasteiger charge is 2.22. The molecule has 6 heteroatoms. The van der Waals surface area contributed by atoms with Crippen LogP contribution in [0.15, 0.2) is 58.5 Å². The molecule has 0 saturated carbocycles. The predicted molar refractivity (Wildman–Crippen MR) is 111 cm³/mol. The summed E-state index contributed by atoms with van der Waals surface area (Å²) in [5.41, 5.74) is 2.41. The number of hydrogen-bond acceptors (Lipinski definition) is 4. The molecule has 0 aliphatic carbocycles. The number of rotatable bonds is 6. The van der Waals surface area contributed by atoms with E-state index in [-0.39, 0.29) is 16.7 Å². The summed E-state index contributed by atoms with van der Waals surface area (Å²) >= 11 is 1.34. The van der Waals surface area contributed by atoms with Gasteiger partial charge in [-0.25, -0.2) is 4.98 Å². The van der Waals surface area contributed by atoms with Gasteiger partial charge in [0.1, 0.15) is 0 Å². The summed E-state index contributed by atoms with van der Waals surface area (Å²) in [5.74, 6) is -0.0816. The first-order chi connectivity index (χ1) is 13.0. The van der Waals surface area contributed by atoms with E-state index in [2.05, 4.69) is 10.3 Å². The Hall–Kier alpha value is -2.60. The first kappa shape index (κ1) is 19.2. The molecule has 27 heavy (non-hydrogen) atoms. The summed E-state index contributed by atoms with van der Waals surface area (Å²) in [6.07, 6.45) is 0.634. The van der Waals surface area contributed by atoms with Crippen LogP contribution in [0.3, 0.4) is 0 Å². The van der Waals surface area contributed by atoms with Crippen LogP contribution in [0.25, 0.3) is 10.9 Å². The minimum Gasteiger partial charge on any atom is -0.325 e. The first-order valence-corrected chi connectivity index (χ1v) is 9.95. The van der Waals surface area contributed by atoms with Gasteiger partial charge in [-0.3, -0.25) is 14.2 Å². The summed E-state index contributed by atoms with van der Waals surface area (Å²) in [7, 11) is 0. The van der Waals surface area contributed by atoms with Gasteiger partial charge in [0.25, 0.3) is 5.56 Å². The molecule has 1 unspecified atom stereocenters. The van der Waals surface area contributed by atoms with Crippen LogP contribution < -0.4 is 10.9 Å². The van der Waals surface area contributed by atoms with Crippen LogP contribution in [0.5, 0.6) is 0 Å². The van der Waals surface area contributed by atoms with Crippen molar-refractivity contribution in [3.05, 3.63) is 64.4 Å². The molecule has 3 rings (SSSR count). The highest BCUT2D eigenvalue weighted by atomic mass is 32.2. The van der Waals surface area contributed by atoms with Crippen LogP contribution in [0, 0.1) is 6.92 Å². The molecule has 0 fully saturated rings. The molecule has 140 valence electrons. The quantitative estimate of drug-likeness (QED) is 0.512. The van der Waals surface area contributed by atoms with E-state index in [1.807, 2.05) is 63.2 Å². The zero-order valence-corrected chi connectivity index (χ0v) is 16.5. The Morgan fingerprint density at radius 3 is 2.56 bits per heavy atom. The van der Waals surface area contributed by atoms with E-state index >= 15 is 0 Å². The molecule has 1 aromatic heterocycles. The Bertz CT molecular complexity index is 1030. The van der Waals surface area contributed by atoms with Crippen molar-refractivity contribution < 1.29 is 4.79 Å². The van der Waals surface area contributed by atoms with Gasteiger partial charge in [-0.2, -0.15) is 0 Å². The molecule has 0 aliphatic rings. The van der Waals surface area contributed by atoms with Crippen molar-refractivity contribution in [3.63, 3.8) is 0 Å². The number of benzene rings is 2. The number of carbonyl (C=O) groups is 1. The molecule has 0 aliphatic heterocycles. The first-order valence-electron chi connectivity index (χ1n) is 9.07. The van der Waals surface area contributed by atoms with Gasteiger partial charge in [0, 0.05) is 12.2 Å². The number of thioether (sulfide) groups is 1. The normalized spacial score (nSPS) is 12.1. The van der Waals surface area contributed by atoms with Crippen LogP contribution in [0.1, 0.15) is 25.8 Å². The number of carbonyl (C=O) groups excluding carboxylic acids is 1. The van der Waals surface area contributed by atoms with Gasteiger partial charge in [0.15, 0.2) is 5.16 Å². The molecule has 2 aromatic carbocycles. The number of anilines is 1. The maximum absolute atomic E-state index is 12.8. The number of nitrogens with one attached hydrogen (secondary N) is 1. The second kappa shape index (κ2) is 8.39. The number of nitrogens with zero attached hydrogens (tertiary/aromatic N) is 2. The van der Waals surface area contributed by atoms with Crippen LogP contribution >= 0.6 is 11.8 Å². The molecular weight excluding hydrogens is 358 g/mol. The van der Waals surface area contributed by atoms with Gasteiger partial charge in [0.2, 0.25) is 5.91 Å². The third kappa shape index (κ3) is 4.06. The zero-order valence-electron chi connectivity index (χ0n) is 15.7. The lowest BCUT2D eigenvalue weighted by Crippen LogP contribution is -2.28. The van der Waals surface area contributed by atoms with Crippen LogP contribution in [0.2, 0.25) is 0 Å². The molecule has 0 radical (unpaired) electrons. The van der Waals surface area contributed by atoms with E-state index in [4.69, 9.17) is 0 Å². The van der Waals surface area contributed by atoms with E-state index in [1.54, 1.807) is 10.6 Å². The second-order valence-electron chi connectivity index (χ2n) is 6.28. The van der Waals surface area contributed by atoms with Crippen LogP contribution in [-0.4, -0.2) is 20.7 Å². The maximum Gasteiger partial charge on any atom is 0.262 e. The minimum atomic E-state index is -0.338. The van der Waals surface area contributed by atoms with Gasteiger partial charge >= 0.3 is 0 Å². The van der Waals surface area contributed by atoms with E-state index < -0.39 is 0 Å². The predicted octanol–water partition coefficient (Wildman–Crippen LogP) is 4.23. The monoisotopic (exact) mass is 381 g/mol. The Kier molecular flexibility index (Phi) is 5.96. The van der Waals surface area contributed by atoms with E-state index in [9.17, 15) is 9.59 Å². The Balaban J connectivity index is 1.91. The number of amides is 1. The van der Waals surface area contributed by atoms with Gasteiger partial charge in [-0.1, -0.05) is 49.0 Å². The molecule has 1 N–H and O–H groups in total. The summed E-state index contributed by atoms with van der Waals surface area (Å²) in [6.45, 7) is 6.35. The van der Waals surface area contributed by atoms with Crippen molar-refractivity contribution in [2.75, 3.05) is 5.32 Å². The van der Waals surface area contributed by atoms with Crippen molar-refractivity contribution in [2.45, 2.75) is 44.1 Å². The Morgan fingerprint density at radius 2 is 1.85 bits per heavy atom. The molecule has 3 aromatic rings. The van der Waals surface area contributed by atoms with Crippen molar-refractivity contribution in [2.24, 2.45) is 0 Å². The summed E-state index contributed by atoms with van der Waals surface area (Å²) in [5, 5.41) is 3.83. The molecule has 0 bridgehead atoms. The lowest BCUT2D eigenvalue weighted by molar-refractivity contribution is -0.115. The van der Waals surface area contributed by atoms with Gasteiger partial charge in [-0.15, -0.1) is 0 Å². The molecule has 0 saturated heterocycles. The Morgan fingerprint density at radius 1 is 1.15 bits per heavy atom. The van der Waals surface area contributed by atoms with Crippen molar-refractivity contribution in [1.29, 1.82) is 0 Å². The third-order valence-electron chi connectivity index (χ3n) is 4.46. The summed E-state index contributed by atoms with van der Waals surface area (Å²) < 4.78 is 1.64. The van der Waals surface area contributed by atoms with E-state index in [0.717, 1.165) is 11.3 Å². The van der Waals surface area contributed by atoms with Crippen molar-refractivity contribution >= 4 is 34.3 Å². The van der Waals surface area contributed by atoms with Crippen LogP contribution in [-0.2, 0) is 11.3 Å². The molecule has 1 heterocycles. The number of hydrogen-bond donors (Lipinski definition) is 1. The van der Waals surface area contributed by atoms with E-state index in [1.165, 1.54) is 11.8 Å². The topological polar surface area (TPSA) is 64.0 Å². The molecule has 0 spiro atoms. The zero-order chi connectivity index (χ0) is 19.4. The highest BCUT2D eigenvalue weighted by molar-refractivity contribution is 8.00. The average molecular weight is 382 g/mol. The molecule has 1 atom stereocenters. The van der Waals surface area contributed by atoms with Gasteiger partial charge in [0.05, 0.1) is 16.2 Å². The molecular formula is C21H23N3O2S. The van der Waals surface area contributed by atoms with Crippen LogP contribution in [0.4, 0.5) is 5.69 Å². The standard InChI is InChI=1S/C21H23N3O2S/c1-4-18(19(25)22-16-12-8-6-10-14(16)3)27-21-23-17-13-9-7-11-15(17)20(26)24(21)5-2/h6-13,18H,4-5H2,1-3H3,(H,22,25).